The van der Waals surface area contributed by atoms with Crippen molar-refractivity contribution in [2.24, 2.45) is 23.5 Å². The molecule has 2 aromatic heterocycles. The zero-order valence-corrected chi connectivity index (χ0v) is 40.6. The van der Waals surface area contributed by atoms with Crippen molar-refractivity contribution < 1.29 is 51.6 Å². The third kappa shape index (κ3) is 11.8. The highest BCUT2D eigenvalue weighted by molar-refractivity contribution is 7.89. The average Bonchev–Trinajstić information content (AvgIpc) is 3.89. The van der Waals surface area contributed by atoms with Crippen LogP contribution >= 0.6 is 0 Å². The highest BCUT2D eigenvalue weighted by Gasteiger charge is 2.58. The van der Waals surface area contributed by atoms with Gasteiger partial charge in [0.25, 0.3) is 0 Å². The monoisotopic (exact) mass is 955 g/mol. The highest BCUT2D eigenvalue weighted by atomic mass is 32.2. The summed E-state index contributed by atoms with van der Waals surface area (Å²) in [5.74, 6) is -3.78. The van der Waals surface area contributed by atoms with Crippen LogP contribution in [0.25, 0.3) is 11.3 Å². The number of esters is 1. The average molecular weight is 956 g/mol. The molecule has 0 saturated carbocycles. The number of carbonyl (C=O) groups is 3. The number of methoxy groups -OCH3 is 1. The van der Waals surface area contributed by atoms with Gasteiger partial charge in [-0.1, -0.05) is 38.1 Å². The minimum Gasteiger partial charge on any atom is -0.458 e. The summed E-state index contributed by atoms with van der Waals surface area (Å²) in [7, 11) is -2.46. The van der Waals surface area contributed by atoms with Crippen LogP contribution in [0.15, 0.2) is 59.9 Å². The Labute approximate surface area is 393 Å². The van der Waals surface area contributed by atoms with Gasteiger partial charge in [0.15, 0.2) is 17.7 Å². The van der Waals surface area contributed by atoms with Crippen molar-refractivity contribution in [1.82, 2.24) is 34.9 Å². The number of hydrogen-bond donors (Lipinski definition) is 5. The minimum atomic E-state index is -3.96. The lowest BCUT2D eigenvalue weighted by Crippen LogP contribution is -2.61. The van der Waals surface area contributed by atoms with E-state index in [1.54, 1.807) is 30.4 Å². The molecule has 0 aliphatic carbocycles. The van der Waals surface area contributed by atoms with E-state index in [1.807, 2.05) is 51.2 Å². The first-order chi connectivity index (χ1) is 31.7. The van der Waals surface area contributed by atoms with Gasteiger partial charge in [0.1, 0.15) is 28.7 Å². The number of sulfonamides is 1. The molecule has 6 rings (SSSR count). The first-order valence-electron chi connectivity index (χ1n) is 23.1. The number of aryl methyl sites for hydroxylation is 1. The van der Waals surface area contributed by atoms with Gasteiger partial charge >= 0.3 is 12.1 Å². The van der Waals surface area contributed by atoms with Crippen molar-refractivity contribution in [3.63, 3.8) is 0 Å². The number of ether oxygens (including phenoxy) is 5. The SMILES string of the molecule is CC[C@H]1OC(=O)[C@H](C)C(=O)[C@H](C)[C@@H](O[C@@H]2O[C@H](CNS(=O)(=O)c3cccnc3)CC(N)C2O)[C@](C)(OC)C[C@@H](C)CN[C@H](C)[C@H]2N(CCCCn3cc(-c4cccc(N)c4)nn3)C(=O)O[C@]12C. The number of cyclic esters (lactones) is 1. The van der Waals surface area contributed by atoms with Gasteiger partial charge < -0.3 is 45.6 Å². The number of aliphatic hydroxyl groups excluding tert-OH is 1. The van der Waals surface area contributed by atoms with Gasteiger partial charge in [-0.15, -0.1) is 5.10 Å². The molecule has 1 amide bonds. The summed E-state index contributed by atoms with van der Waals surface area (Å²) in [6, 6.07) is 8.52. The van der Waals surface area contributed by atoms with E-state index >= 15 is 0 Å². The number of nitrogens with one attached hydrogen (secondary N) is 2. The summed E-state index contributed by atoms with van der Waals surface area (Å²) < 4.78 is 61.7. The number of anilines is 1. The number of nitrogen functional groups attached to an aromatic ring is 1. The Kier molecular flexibility index (Phi) is 16.8. The molecule has 3 saturated heterocycles. The number of benzene rings is 1. The van der Waals surface area contributed by atoms with Gasteiger partial charge in [-0.2, -0.15) is 0 Å². The molecule has 20 nitrogen and oxygen atoms in total. The van der Waals surface area contributed by atoms with Crippen molar-refractivity contribution in [2.75, 3.05) is 32.5 Å². The molecule has 370 valence electrons. The standard InChI is InChI=1S/C46H69N9O11S/c1-9-37-46(7)40(55(44(59)66-46)19-11-10-18-54-26-36(52-53-54)31-14-12-15-32(47)20-31)30(5)50-23-27(2)22-45(6,62-8)41(28(3)38(56)29(4)42(58)64-37)65-43-39(57)35(48)21-33(63-43)24-51-67(60,61)34-16-13-17-49-25-34/h12-17,20,25-30,33,35,37,39-41,43,50-51,57H,9-11,18-19,21-24,47-48H2,1-8H3/t27-,28+,29-,30-,33+,35?,37-,39?,40-,41-,43+,45-,46-/m1/s1. The van der Waals surface area contributed by atoms with Crippen molar-refractivity contribution >= 4 is 33.6 Å². The lowest BCUT2D eigenvalue weighted by molar-refractivity contribution is -0.289. The molecule has 3 aliphatic rings. The molecule has 0 bridgehead atoms. The molecule has 3 fully saturated rings. The Morgan fingerprint density at radius 1 is 1.07 bits per heavy atom. The largest absolute Gasteiger partial charge is 0.458 e. The number of Topliss-reactive ketones (excluding diaryl/α,β-unsaturated/α-hetero) is 1. The minimum absolute atomic E-state index is 0.0334. The molecule has 3 aliphatic heterocycles. The van der Waals surface area contributed by atoms with E-state index in [9.17, 15) is 27.9 Å². The van der Waals surface area contributed by atoms with Crippen LogP contribution in [-0.4, -0.2) is 143 Å². The first-order valence-corrected chi connectivity index (χ1v) is 24.6. The normalized spacial score (nSPS) is 33.6. The summed E-state index contributed by atoms with van der Waals surface area (Å²) in [5, 5.41) is 23.6. The van der Waals surface area contributed by atoms with Gasteiger partial charge in [0, 0.05) is 68.4 Å². The van der Waals surface area contributed by atoms with Gasteiger partial charge in [0.2, 0.25) is 10.0 Å². The number of amides is 1. The van der Waals surface area contributed by atoms with Crippen LogP contribution in [0.2, 0.25) is 0 Å². The number of nitrogens with zero attached hydrogens (tertiary/aromatic N) is 5. The maximum absolute atomic E-state index is 14.5. The molecule has 21 heteroatoms. The predicted octanol–water partition coefficient (Wildman–Crippen LogP) is 3.04. The quantitative estimate of drug-likeness (QED) is 0.0672. The molecule has 67 heavy (non-hydrogen) atoms. The molecular formula is C46H69N9O11S. The number of pyridine rings is 1. The van der Waals surface area contributed by atoms with E-state index in [4.69, 9.17) is 35.2 Å². The van der Waals surface area contributed by atoms with Crippen molar-refractivity contribution in [2.45, 2.75) is 152 Å². The van der Waals surface area contributed by atoms with Crippen LogP contribution in [0.3, 0.4) is 0 Å². The third-order valence-electron chi connectivity index (χ3n) is 13.6. The molecule has 2 unspecified atom stereocenters. The number of aliphatic hydroxyl groups is 1. The van der Waals surface area contributed by atoms with E-state index in [0.29, 0.717) is 50.3 Å². The van der Waals surface area contributed by atoms with Gasteiger partial charge in [-0.05, 0) is 96.5 Å². The van der Waals surface area contributed by atoms with Crippen LogP contribution in [0.5, 0.6) is 0 Å². The number of aromatic nitrogens is 4. The second-order valence-corrected chi connectivity index (χ2v) is 20.5. The summed E-state index contributed by atoms with van der Waals surface area (Å²) in [5.41, 5.74) is 12.0. The van der Waals surface area contributed by atoms with E-state index in [2.05, 4.69) is 25.3 Å². The molecule has 0 radical (unpaired) electrons. The number of rotatable bonds is 14. The molecule has 13 atom stereocenters. The highest BCUT2D eigenvalue weighted by Crippen LogP contribution is 2.40. The van der Waals surface area contributed by atoms with Crippen molar-refractivity contribution in [3.05, 3.63) is 55.0 Å². The number of unbranched alkanes of at least 4 members (excludes halogenated alkanes) is 1. The Hall–Kier alpha value is -4.61. The maximum Gasteiger partial charge on any atom is 0.410 e. The molecular weight excluding hydrogens is 887 g/mol. The van der Waals surface area contributed by atoms with E-state index in [1.165, 1.54) is 38.6 Å². The molecule has 5 heterocycles. The summed E-state index contributed by atoms with van der Waals surface area (Å²) in [4.78, 5) is 48.1. The lowest BCUT2D eigenvalue weighted by atomic mass is 9.78. The van der Waals surface area contributed by atoms with E-state index in [0.717, 1.165) is 5.56 Å². The van der Waals surface area contributed by atoms with Crippen LogP contribution in [0.1, 0.15) is 80.6 Å². The number of carbonyl (C=O) groups excluding carboxylic acids is 3. The third-order valence-corrected chi connectivity index (χ3v) is 15.0. The fraction of sp³-hybridized carbons (Fsp3) is 0.652. The maximum atomic E-state index is 14.5. The Morgan fingerprint density at radius 2 is 1.82 bits per heavy atom. The first kappa shape index (κ1) is 51.8. The second-order valence-electron chi connectivity index (χ2n) is 18.8. The van der Waals surface area contributed by atoms with Crippen LogP contribution in [0.4, 0.5) is 10.5 Å². The number of nitrogens with two attached hydrogens (primary N) is 2. The van der Waals surface area contributed by atoms with Crippen LogP contribution < -0.4 is 21.5 Å². The van der Waals surface area contributed by atoms with E-state index < -0.39 is 93.7 Å². The molecule has 7 N–H and O–H groups in total. The van der Waals surface area contributed by atoms with Gasteiger partial charge in [-0.3, -0.25) is 24.2 Å². The molecule has 1 aromatic carbocycles. The number of fused-ring (bicyclic) bond motifs is 1. The number of ketones is 1. The lowest BCUT2D eigenvalue weighted by Gasteiger charge is -2.45. The number of hydrogen-bond acceptors (Lipinski definition) is 17. The van der Waals surface area contributed by atoms with Gasteiger partial charge in [0.05, 0.1) is 30.0 Å². The van der Waals surface area contributed by atoms with E-state index in [-0.39, 0.29) is 36.2 Å². The van der Waals surface area contributed by atoms with Crippen molar-refractivity contribution in [1.29, 1.82) is 0 Å². The molecule has 3 aromatic rings. The zero-order valence-electron chi connectivity index (χ0n) is 39.7. The summed E-state index contributed by atoms with van der Waals surface area (Å²) in [6.45, 7) is 13.6. The second kappa shape index (κ2) is 21.8. The zero-order chi connectivity index (χ0) is 48.8. The van der Waals surface area contributed by atoms with Crippen LogP contribution in [0, 0.1) is 17.8 Å². The van der Waals surface area contributed by atoms with Crippen LogP contribution in [-0.2, 0) is 49.8 Å². The Bertz CT molecular complexity index is 2270. The summed E-state index contributed by atoms with van der Waals surface area (Å²) in [6.07, 6.45) is 0.386. The Morgan fingerprint density at radius 3 is 2.51 bits per heavy atom. The predicted molar refractivity (Wildman–Crippen MR) is 246 cm³/mol. The fourth-order valence-corrected chi connectivity index (χ4v) is 10.8. The Balaban J connectivity index is 1.20. The fourth-order valence-electron chi connectivity index (χ4n) is 9.80. The van der Waals surface area contributed by atoms with Crippen molar-refractivity contribution in [3.8, 4) is 11.3 Å². The molecule has 0 spiro atoms. The van der Waals surface area contributed by atoms with Gasteiger partial charge in [-0.25, -0.2) is 17.9 Å². The topological polar surface area (TPSA) is 275 Å². The smallest absolute Gasteiger partial charge is 0.410 e. The summed E-state index contributed by atoms with van der Waals surface area (Å²) >= 11 is 0.